The molecule has 7 heteroatoms. The third-order valence-electron chi connectivity index (χ3n) is 1.72. The molecule has 18 heavy (non-hydrogen) atoms. The van der Waals surface area contributed by atoms with E-state index in [1.807, 2.05) is 0 Å². The van der Waals surface area contributed by atoms with E-state index in [0.29, 0.717) is 0 Å². The molecule has 5 N–H and O–H groups in total. The van der Waals surface area contributed by atoms with Crippen LogP contribution in [0.5, 0.6) is 0 Å². The summed E-state index contributed by atoms with van der Waals surface area (Å²) in [6.07, 6.45) is 0.833. The number of carboxylic acid groups (broad SMARTS) is 3. The summed E-state index contributed by atoms with van der Waals surface area (Å²) in [4.78, 5) is 30.4. The third kappa shape index (κ3) is 4.35. The zero-order chi connectivity index (χ0) is 14.3. The molecule has 0 unspecified atom stereocenters. The van der Waals surface area contributed by atoms with Crippen LogP contribution in [0.4, 0.5) is 5.69 Å². The summed E-state index contributed by atoms with van der Waals surface area (Å²) in [7, 11) is 0. The highest BCUT2D eigenvalue weighted by Crippen LogP contribution is 2.16. The van der Waals surface area contributed by atoms with Crippen molar-refractivity contribution < 1.29 is 29.7 Å². The number of benzene rings is 1. The van der Waals surface area contributed by atoms with Crippen molar-refractivity contribution in [3.05, 3.63) is 42.0 Å². The molecule has 0 aliphatic carbocycles. The molecule has 0 atom stereocenters. The van der Waals surface area contributed by atoms with Gasteiger partial charge in [-0.1, -0.05) is 12.6 Å². The quantitative estimate of drug-likeness (QED) is 0.464. The maximum absolute atomic E-state index is 10.6. The molecule has 0 radical (unpaired) electrons. The predicted octanol–water partition coefficient (Wildman–Crippen LogP) is 0.922. The smallest absolute Gasteiger partial charge is 0.338 e. The molecule has 1 aromatic carbocycles. The monoisotopic (exact) mass is 253 g/mol. The van der Waals surface area contributed by atoms with Gasteiger partial charge in [0.1, 0.15) is 0 Å². The van der Waals surface area contributed by atoms with Crippen molar-refractivity contribution in [3.63, 3.8) is 0 Å². The van der Waals surface area contributed by atoms with Gasteiger partial charge in [0.05, 0.1) is 11.1 Å². The fraction of sp³-hybridized carbons (Fsp3) is 0. The van der Waals surface area contributed by atoms with Gasteiger partial charge in [0.2, 0.25) is 0 Å². The van der Waals surface area contributed by atoms with Crippen LogP contribution in [0.25, 0.3) is 0 Å². The van der Waals surface area contributed by atoms with Crippen LogP contribution in [0.2, 0.25) is 0 Å². The molecule has 96 valence electrons. The lowest BCUT2D eigenvalue weighted by Gasteiger charge is -2.03. The first-order chi connectivity index (χ1) is 8.31. The molecule has 0 aliphatic rings. The number of aliphatic carboxylic acids is 1. The topological polar surface area (TPSA) is 138 Å². The number of nitrogens with two attached hydrogens (primary N) is 1. The van der Waals surface area contributed by atoms with Gasteiger partial charge >= 0.3 is 17.9 Å². The van der Waals surface area contributed by atoms with Crippen LogP contribution in [0, 0.1) is 0 Å². The lowest BCUT2D eigenvalue weighted by Crippen LogP contribution is -2.10. The minimum Gasteiger partial charge on any atom is -0.478 e. The first kappa shape index (κ1) is 15.2. The molecule has 0 spiro atoms. The Morgan fingerprint density at radius 2 is 1.61 bits per heavy atom. The summed E-state index contributed by atoms with van der Waals surface area (Å²) in [5.74, 6) is -3.62. The van der Waals surface area contributed by atoms with Gasteiger partial charge in [0, 0.05) is 11.8 Å². The molecule has 1 rings (SSSR count). The molecule has 0 amide bonds. The Morgan fingerprint density at radius 3 is 1.89 bits per heavy atom. The van der Waals surface area contributed by atoms with Crippen LogP contribution in [0.3, 0.4) is 0 Å². The van der Waals surface area contributed by atoms with E-state index in [0.717, 1.165) is 6.08 Å². The van der Waals surface area contributed by atoms with E-state index in [9.17, 15) is 14.4 Å². The molecule has 0 saturated carbocycles. The van der Waals surface area contributed by atoms with E-state index in [4.69, 9.17) is 21.1 Å². The number of hydrogen-bond acceptors (Lipinski definition) is 4. The Labute approximate surface area is 102 Å². The van der Waals surface area contributed by atoms with Crippen LogP contribution in [-0.2, 0) is 4.79 Å². The molecular formula is C11H11NO6. The number of aromatic carboxylic acids is 2. The summed E-state index contributed by atoms with van der Waals surface area (Å²) in [6.45, 7) is 2.96. The summed E-state index contributed by atoms with van der Waals surface area (Å²) >= 11 is 0. The normalized spacial score (nSPS) is 8.67. The Hall–Kier alpha value is -2.83. The zero-order valence-electron chi connectivity index (χ0n) is 9.16. The summed E-state index contributed by atoms with van der Waals surface area (Å²) < 4.78 is 0. The lowest BCUT2D eigenvalue weighted by molar-refractivity contribution is -0.131. The van der Waals surface area contributed by atoms with E-state index >= 15 is 0 Å². The number of anilines is 1. The van der Waals surface area contributed by atoms with Crippen LogP contribution in [-0.4, -0.2) is 33.2 Å². The second-order valence-electron chi connectivity index (χ2n) is 2.92. The van der Waals surface area contributed by atoms with E-state index in [2.05, 4.69) is 6.58 Å². The fourth-order valence-corrected chi connectivity index (χ4v) is 0.987. The maximum Gasteiger partial charge on any atom is 0.338 e. The number of rotatable bonds is 3. The first-order valence-corrected chi connectivity index (χ1v) is 4.51. The second kappa shape index (κ2) is 6.69. The van der Waals surface area contributed by atoms with Crippen LogP contribution in [0.15, 0.2) is 30.9 Å². The van der Waals surface area contributed by atoms with Gasteiger partial charge in [-0.05, 0) is 12.1 Å². The Balaban J connectivity index is 0.000000494. The van der Waals surface area contributed by atoms with Gasteiger partial charge in [-0.15, -0.1) is 0 Å². The van der Waals surface area contributed by atoms with Crippen LogP contribution < -0.4 is 5.73 Å². The highest BCUT2D eigenvalue weighted by atomic mass is 16.4. The van der Waals surface area contributed by atoms with Gasteiger partial charge in [-0.2, -0.15) is 0 Å². The van der Waals surface area contributed by atoms with Crippen molar-refractivity contribution in [1.29, 1.82) is 0 Å². The molecule has 1 aromatic rings. The molecule has 0 aliphatic heterocycles. The fourth-order valence-electron chi connectivity index (χ4n) is 0.987. The largest absolute Gasteiger partial charge is 0.478 e. The second-order valence-corrected chi connectivity index (χ2v) is 2.92. The number of carbonyl (C=O) groups is 3. The van der Waals surface area contributed by atoms with Crippen molar-refractivity contribution >= 4 is 23.6 Å². The van der Waals surface area contributed by atoms with Gasteiger partial charge in [-0.25, -0.2) is 14.4 Å². The highest BCUT2D eigenvalue weighted by Gasteiger charge is 2.17. The number of nitrogen functional groups attached to an aromatic ring is 1. The predicted molar refractivity (Wildman–Crippen MR) is 62.6 cm³/mol. The average molecular weight is 253 g/mol. The standard InChI is InChI=1S/C8H7NO4.C3H4O2/c9-5-3-1-2-4(7(10)11)6(5)8(12)13;1-2-3(4)5/h1-3H,9H2,(H,10,11)(H,12,13);2H,1H2,(H,4,5). The highest BCUT2D eigenvalue weighted by molar-refractivity contribution is 6.05. The van der Waals surface area contributed by atoms with Gasteiger partial charge < -0.3 is 21.1 Å². The molecule has 0 heterocycles. The van der Waals surface area contributed by atoms with E-state index in [1.165, 1.54) is 18.2 Å². The SMILES string of the molecule is C=CC(=O)O.Nc1cccc(C(=O)O)c1C(=O)O. The maximum atomic E-state index is 10.6. The van der Waals surface area contributed by atoms with Crippen LogP contribution >= 0.6 is 0 Å². The van der Waals surface area contributed by atoms with E-state index < -0.39 is 17.9 Å². The van der Waals surface area contributed by atoms with E-state index in [1.54, 1.807) is 0 Å². The lowest BCUT2D eigenvalue weighted by atomic mass is 10.1. The zero-order valence-corrected chi connectivity index (χ0v) is 9.16. The Morgan fingerprint density at radius 1 is 1.11 bits per heavy atom. The van der Waals surface area contributed by atoms with Gasteiger partial charge in [0.15, 0.2) is 0 Å². The average Bonchev–Trinajstić information content (AvgIpc) is 2.28. The molecule has 0 fully saturated rings. The Bertz CT molecular complexity index is 494. The number of hydrogen-bond donors (Lipinski definition) is 4. The van der Waals surface area contributed by atoms with Crippen LogP contribution in [0.1, 0.15) is 20.7 Å². The number of carboxylic acids is 3. The Kier molecular flexibility index (Phi) is 5.64. The summed E-state index contributed by atoms with van der Waals surface area (Å²) in [5, 5.41) is 24.9. The van der Waals surface area contributed by atoms with Crippen molar-refractivity contribution in [2.45, 2.75) is 0 Å². The molecular weight excluding hydrogens is 242 g/mol. The molecule has 7 nitrogen and oxygen atoms in total. The minimum atomic E-state index is -1.34. The van der Waals surface area contributed by atoms with E-state index in [-0.39, 0.29) is 16.8 Å². The summed E-state index contributed by atoms with van der Waals surface area (Å²) in [5.41, 5.74) is 4.60. The summed E-state index contributed by atoms with van der Waals surface area (Å²) in [6, 6.07) is 3.93. The van der Waals surface area contributed by atoms with Gasteiger partial charge in [-0.3, -0.25) is 0 Å². The van der Waals surface area contributed by atoms with Gasteiger partial charge in [0.25, 0.3) is 0 Å². The first-order valence-electron chi connectivity index (χ1n) is 4.51. The van der Waals surface area contributed by atoms with Crippen molar-refractivity contribution in [1.82, 2.24) is 0 Å². The van der Waals surface area contributed by atoms with Crippen molar-refractivity contribution in [2.24, 2.45) is 0 Å². The molecule has 0 aromatic heterocycles. The van der Waals surface area contributed by atoms with Crippen molar-refractivity contribution in [3.8, 4) is 0 Å². The third-order valence-corrected chi connectivity index (χ3v) is 1.72. The molecule has 0 bridgehead atoms. The minimum absolute atomic E-state index is 0.0487. The molecule has 0 saturated heterocycles. The van der Waals surface area contributed by atoms with Crippen molar-refractivity contribution in [2.75, 3.05) is 5.73 Å².